The van der Waals surface area contributed by atoms with Crippen LogP contribution in [0.25, 0.3) is 0 Å². The molecule has 0 bridgehead atoms. The van der Waals surface area contributed by atoms with Crippen molar-refractivity contribution in [3.05, 3.63) is 108 Å². The molecule has 1 saturated heterocycles. The van der Waals surface area contributed by atoms with E-state index in [0.717, 1.165) is 33.6 Å². The number of hydrogen-bond donors (Lipinski definition) is 1. The smallest absolute Gasteiger partial charge is 0.174 e. The molecule has 2 unspecified atom stereocenters. The number of aryl methyl sites for hydroxylation is 2. The van der Waals surface area contributed by atoms with E-state index in [1.807, 2.05) is 30.5 Å². The van der Waals surface area contributed by atoms with Gasteiger partial charge in [0.1, 0.15) is 11.8 Å². The summed E-state index contributed by atoms with van der Waals surface area (Å²) < 4.78 is 6.39. The van der Waals surface area contributed by atoms with Gasteiger partial charge in [-0.3, -0.25) is 4.98 Å². The highest BCUT2D eigenvalue weighted by Crippen LogP contribution is 2.43. The molecule has 3 heterocycles. The molecule has 0 amide bonds. The van der Waals surface area contributed by atoms with Gasteiger partial charge in [-0.05, 0) is 79.7 Å². The first-order chi connectivity index (χ1) is 16.1. The number of furan rings is 1. The van der Waals surface area contributed by atoms with Crippen molar-refractivity contribution >= 4 is 34.8 Å². The summed E-state index contributed by atoms with van der Waals surface area (Å²) in [6, 6.07) is 26.8. The molecule has 33 heavy (non-hydrogen) atoms. The highest BCUT2D eigenvalue weighted by molar-refractivity contribution is 7.99. The van der Waals surface area contributed by atoms with Gasteiger partial charge >= 0.3 is 0 Å². The van der Waals surface area contributed by atoms with E-state index in [1.165, 1.54) is 11.1 Å². The first kappa shape index (κ1) is 21.7. The van der Waals surface area contributed by atoms with Crippen LogP contribution in [0.1, 0.15) is 41.6 Å². The van der Waals surface area contributed by atoms with Gasteiger partial charge in [0.05, 0.1) is 11.7 Å². The lowest BCUT2D eigenvalue weighted by molar-refractivity contribution is 0.383. The van der Waals surface area contributed by atoms with E-state index in [2.05, 4.69) is 83.6 Å². The number of rotatable bonds is 6. The summed E-state index contributed by atoms with van der Waals surface area (Å²) >= 11 is 7.42. The van der Waals surface area contributed by atoms with Crippen LogP contribution >= 0.6 is 24.0 Å². The predicted octanol–water partition coefficient (Wildman–Crippen LogP) is 6.87. The summed E-state index contributed by atoms with van der Waals surface area (Å²) in [5.41, 5.74) is 4.51. The van der Waals surface area contributed by atoms with Crippen LogP contribution in [-0.4, -0.2) is 10.1 Å². The Morgan fingerprint density at radius 1 is 1.00 bits per heavy atom. The molecule has 0 aliphatic carbocycles. The molecule has 4 aromatic rings. The molecule has 2 atom stereocenters. The van der Waals surface area contributed by atoms with Crippen LogP contribution in [0.4, 0.5) is 5.69 Å². The second kappa shape index (κ2) is 9.41. The van der Waals surface area contributed by atoms with Crippen molar-refractivity contribution in [3.8, 4) is 0 Å². The second-order valence-corrected chi connectivity index (χ2v) is 9.55. The largest absolute Gasteiger partial charge is 0.452 e. The SMILES string of the molecule is CCc1ccc(N2C(=S)NC(c3ccccn3)C2c2ccc(Sc3ccc(C)cc3)o2)cc1. The number of aromatic nitrogens is 1. The first-order valence-corrected chi connectivity index (χ1v) is 12.3. The lowest BCUT2D eigenvalue weighted by atomic mass is 10.0. The standard InChI is InChI=1S/C27H25N3OS2/c1-3-19-9-11-20(12-10-19)30-26(25(29-27(30)32)22-6-4-5-17-28-22)23-15-16-24(31-23)33-21-13-7-18(2)8-14-21/h4-17,25-26H,3H2,1-2H3,(H,29,32). The second-order valence-electron chi connectivity index (χ2n) is 8.09. The molecule has 0 spiro atoms. The molecule has 0 radical (unpaired) electrons. The molecular formula is C27H25N3OS2. The molecule has 0 saturated carbocycles. The Labute approximate surface area is 204 Å². The minimum absolute atomic E-state index is 0.118. The fourth-order valence-electron chi connectivity index (χ4n) is 4.08. The molecule has 6 heteroatoms. The summed E-state index contributed by atoms with van der Waals surface area (Å²) in [6.07, 6.45) is 2.82. The van der Waals surface area contributed by atoms with Gasteiger partial charge in [-0.25, -0.2) is 0 Å². The van der Waals surface area contributed by atoms with E-state index in [4.69, 9.17) is 16.6 Å². The lowest BCUT2D eigenvalue weighted by Gasteiger charge is -2.26. The van der Waals surface area contributed by atoms with Crippen molar-refractivity contribution in [2.75, 3.05) is 4.90 Å². The highest BCUT2D eigenvalue weighted by atomic mass is 32.2. The minimum Gasteiger partial charge on any atom is -0.452 e. The van der Waals surface area contributed by atoms with Crippen molar-refractivity contribution < 1.29 is 4.42 Å². The van der Waals surface area contributed by atoms with Gasteiger partial charge in [0, 0.05) is 16.8 Å². The van der Waals surface area contributed by atoms with Crippen molar-refractivity contribution in [2.24, 2.45) is 0 Å². The van der Waals surface area contributed by atoms with Gasteiger partial charge in [-0.1, -0.05) is 54.6 Å². The van der Waals surface area contributed by atoms with E-state index in [1.54, 1.807) is 11.8 Å². The zero-order chi connectivity index (χ0) is 22.8. The normalized spacial score (nSPS) is 17.9. The summed E-state index contributed by atoms with van der Waals surface area (Å²) in [6.45, 7) is 4.25. The van der Waals surface area contributed by atoms with E-state index in [0.29, 0.717) is 5.11 Å². The molecular weight excluding hydrogens is 446 g/mol. The summed E-state index contributed by atoms with van der Waals surface area (Å²) in [5.74, 6) is 0.854. The molecule has 2 aromatic heterocycles. The Kier molecular flexibility index (Phi) is 6.20. The van der Waals surface area contributed by atoms with Gasteiger partial charge in [-0.2, -0.15) is 0 Å². The molecule has 2 aromatic carbocycles. The van der Waals surface area contributed by atoms with Gasteiger partial charge in [0.2, 0.25) is 0 Å². The number of hydrogen-bond acceptors (Lipinski definition) is 4. The monoisotopic (exact) mass is 471 g/mol. The maximum absolute atomic E-state index is 6.39. The number of thiocarbonyl (C=S) groups is 1. The average molecular weight is 472 g/mol. The quantitative estimate of drug-likeness (QED) is 0.309. The zero-order valence-electron chi connectivity index (χ0n) is 18.6. The number of anilines is 1. The Morgan fingerprint density at radius 3 is 2.48 bits per heavy atom. The number of nitrogens with one attached hydrogen (secondary N) is 1. The molecule has 5 rings (SSSR count). The third-order valence-corrected chi connectivity index (χ3v) is 7.10. The summed E-state index contributed by atoms with van der Waals surface area (Å²) in [5, 5.41) is 5.01. The number of pyridine rings is 1. The van der Waals surface area contributed by atoms with E-state index >= 15 is 0 Å². The fourth-order valence-corrected chi connectivity index (χ4v) is 5.21. The maximum atomic E-state index is 6.39. The van der Waals surface area contributed by atoms with E-state index in [-0.39, 0.29) is 12.1 Å². The van der Waals surface area contributed by atoms with Gasteiger partial charge in [0.15, 0.2) is 10.2 Å². The average Bonchev–Trinajstić information content (AvgIpc) is 3.45. The maximum Gasteiger partial charge on any atom is 0.174 e. The van der Waals surface area contributed by atoms with Crippen molar-refractivity contribution in [2.45, 2.75) is 42.3 Å². The van der Waals surface area contributed by atoms with Crippen LogP contribution in [0, 0.1) is 6.92 Å². The number of benzene rings is 2. The molecule has 1 aliphatic rings. The van der Waals surface area contributed by atoms with Gasteiger partial charge in [-0.15, -0.1) is 0 Å². The van der Waals surface area contributed by atoms with Crippen molar-refractivity contribution in [1.82, 2.24) is 10.3 Å². The Balaban J connectivity index is 1.51. The van der Waals surface area contributed by atoms with Crippen LogP contribution in [-0.2, 0) is 6.42 Å². The minimum atomic E-state index is -0.146. The third-order valence-electron chi connectivity index (χ3n) is 5.85. The zero-order valence-corrected chi connectivity index (χ0v) is 20.2. The molecule has 1 fully saturated rings. The van der Waals surface area contributed by atoms with Crippen LogP contribution in [0.3, 0.4) is 0 Å². The Hall–Kier alpha value is -3.09. The Bertz CT molecular complexity index is 1240. The van der Waals surface area contributed by atoms with Crippen LogP contribution in [0.2, 0.25) is 0 Å². The van der Waals surface area contributed by atoms with Crippen LogP contribution in [0.5, 0.6) is 0 Å². The van der Waals surface area contributed by atoms with E-state index < -0.39 is 0 Å². The van der Waals surface area contributed by atoms with E-state index in [9.17, 15) is 0 Å². The first-order valence-electron chi connectivity index (χ1n) is 11.1. The van der Waals surface area contributed by atoms with Gasteiger partial charge < -0.3 is 14.6 Å². The fraction of sp³-hybridized carbons (Fsp3) is 0.185. The van der Waals surface area contributed by atoms with Crippen LogP contribution < -0.4 is 10.2 Å². The predicted molar refractivity (Wildman–Crippen MR) is 138 cm³/mol. The molecule has 166 valence electrons. The summed E-state index contributed by atoms with van der Waals surface area (Å²) in [7, 11) is 0. The van der Waals surface area contributed by atoms with Gasteiger partial charge in [0.25, 0.3) is 0 Å². The Morgan fingerprint density at radius 2 is 1.79 bits per heavy atom. The topological polar surface area (TPSA) is 41.3 Å². The van der Waals surface area contributed by atoms with Crippen molar-refractivity contribution in [3.63, 3.8) is 0 Å². The molecule has 1 N–H and O–H groups in total. The molecule has 1 aliphatic heterocycles. The number of nitrogens with zero attached hydrogens (tertiary/aromatic N) is 2. The lowest BCUT2D eigenvalue weighted by Crippen LogP contribution is -2.29. The highest BCUT2D eigenvalue weighted by Gasteiger charge is 2.42. The summed E-state index contributed by atoms with van der Waals surface area (Å²) in [4.78, 5) is 7.91. The molecule has 4 nitrogen and oxygen atoms in total. The third kappa shape index (κ3) is 4.54. The van der Waals surface area contributed by atoms with Crippen molar-refractivity contribution in [1.29, 1.82) is 0 Å². The van der Waals surface area contributed by atoms with Crippen LogP contribution in [0.15, 0.2) is 99.5 Å².